The minimum absolute atomic E-state index is 0.0587. The molecule has 0 saturated carbocycles. The molecule has 4 nitrogen and oxygen atoms in total. The summed E-state index contributed by atoms with van der Waals surface area (Å²) in [5.41, 5.74) is 1.11. The number of nitrogens with one attached hydrogen (secondary N) is 1. The molecule has 0 spiro atoms. The van der Waals surface area contributed by atoms with Crippen molar-refractivity contribution in [3.8, 4) is 5.75 Å². The SMILES string of the molecule is O=C(Nc1cc(OC(F)F)ccc1Br)OCc1ccccc1. The number of hydrogen-bond donors (Lipinski definition) is 1. The Hall–Kier alpha value is -2.15. The van der Waals surface area contributed by atoms with Gasteiger partial charge in [-0.2, -0.15) is 8.78 Å². The van der Waals surface area contributed by atoms with Crippen molar-refractivity contribution in [1.82, 2.24) is 0 Å². The molecule has 0 aliphatic carbocycles. The van der Waals surface area contributed by atoms with E-state index in [1.165, 1.54) is 18.2 Å². The highest BCUT2D eigenvalue weighted by Crippen LogP contribution is 2.28. The van der Waals surface area contributed by atoms with Crippen molar-refractivity contribution < 1.29 is 23.0 Å². The summed E-state index contributed by atoms with van der Waals surface area (Å²) < 4.78 is 34.2. The Bertz CT molecular complexity index is 638. The van der Waals surface area contributed by atoms with Crippen LogP contribution in [0.1, 0.15) is 5.56 Å². The lowest BCUT2D eigenvalue weighted by molar-refractivity contribution is -0.0498. The molecule has 0 bridgehead atoms. The maximum Gasteiger partial charge on any atom is 0.411 e. The Labute approximate surface area is 134 Å². The summed E-state index contributed by atoms with van der Waals surface area (Å²) in [6.07, 6.45) is -0.696. The van der Waals surface area contributed by atoms with Crippen molar-refractivity contribution in [2.24, 2.45) is 0 Å². The fourth-order valence-corrected chi connectivity index (χ4v) is 1.99. The smallest absolute Gasteiger partial charge is 0.411 e. The molecule has 0 atom stereocenters. The van der Waals surface area contributed by atoms with E-state index < -0.39 is 12.7 Å². The van der Waals surface area contributed by atoms with Crippen molar-refractivity contribution in [2.45, 2.75) is 13.2 Å². The van der Waals surface area contributed by atoms with Gasteiger partial charge in [0.2, 0.25) is 0 Å². The number of rotatable bonds is 5. The first-order valence-electron chi connectivity index (χ1n) is 6.26. The normalized spacial score (nSPS) is 10.4. The number of hydrogen-bond acceptors (Lipinski definition) is 3. The third-order valence-electron chi connectivity index (χ3n) is 2.61. The Morgan fingerprint density at radius 1 is 1.18 bits per heavy atom. The predicted molar refractivity (Wildman–Crippen MR) is 81.0 cm³/mol. The molecule has 0 aromatic heterocycles. The number of carbonyl (C=O) groups is 1. The van der Waals surface area contributed by atoms with E-state index in [-0.39, 0.29) is 18.0 Å². The fraction of sp³-hybridized carbons (Fsp3) is 0.133. The molecule has 0 heterocycles. The third kappa shape index (κ3) is 5.00. The minimum Gasteiger partial charge on any atom is -0.444 e. The number of halogens is 3. The average molecular weight is 372 g/mol. The molecule has 116 valence electrons. The van der Waals surface area contributed by atoms with E-state index in [4.69, 9.17) is 4.74 Å². The highest BCUT2D eigenvalue weighted by atomic mass is 79.9. The summed E-state index contributed by atoms with van der Waals surface area (Å²) in [4.78, 5) is 11.7. The zero-order valence-electron chi connectivity index (χ0n) is 11.3. The topological polar surface area (TPSA) is 47.6 Å². The number of anilines is 1. The summed E-state index contributed by atoms with van der Waals surface area (Å²) in [6, 6.07) is 13.3. The Morgan fingerprint density at radius 3 is 2.59 bits per heavy atom. The summed E-state index contributed by atoms with van der Waals surface area (Å²) in [6.45, 7) is -2.82. The predicted octanol–water partition coefficient (Wildman–Crippen LogP) is 4.80. The van der Waals surface area contributed by atoms with E-state index >= 15 is 0 Å². The van der Waals surface area contributed by atoms with Gasteiger partial charge < -0.3 is 9.47 Å². The zero-order chi connectivity index (χ0) is 15.9. The van der Waals surface area contributed by atoms with Gasteiger partial charge in [-0.15, -0.1) is 0 Å². The van der Waals surface area contributed by atoms with Crippen molar-refractivity contribution in [2.75, 3.05) is 5.32 Å². The van der Waals surface area contributed by atoms with Crippen LogP contribution in [0.3, 0.4) is 0 Å². The lowest BCUT2D eigenvalue weighted by Crippen LogP contribution is -2.14. The first kappa shape index (κ1) is 16.2. The first-order chi connectivity index (χ1) is 10.5. The van der Waals surface area contributed by atoms with Gasteiger partial charge >= 0.3 is 12.7 Å². The van der Waals surface area contributed by atoms with Crippen LogP contribution in [0.2, 0.25) is 0 Å². The summed E-state index contributed by atoms with van der Waals surface area (Å²) in [7, 11) is 0. The fourth-order valence-electron chi connectivity index (χ4n) is 1.65. The molecule has 7 heteroatoms. The summed E-state index contributed by atoms with van der Waals surface area (Å²) in [5.74, 6) is -0.0587. The molecule has 0 radical (unpaired) electrons. The van der Waals surface area contributed by atoms with Gasteiger partial charge in [-0.25, -0.2) is 4.79 Å². The van der Waals surface area contributed by atoms with Gasteiger partial charge in [0, 0.05) is 10.5 Å². The van der Waals surface area contributed by atoms with Gasteiger partial charge in [-0.3, -0.25) is 5.32 Å². The highest BCUT2D eigenvalue weighted by molar-refractivity contribution is 9.10. The van der Waals surface area contributed by atoms with Gasteiger partial charge in [-0.05, 0) is 33.6 Å². The van der Waals surface area contributed by atoms with E-state index in [9.17, 15) is 13.6 Å². The minimum atomic E-state index is -2.93. The van der Waals surface area contributed by atoms with Crippen LogP contribution in [0.25, 0.3) is 0 Å². The third-order valence-corrected chi connectivity index (χ3v) is 3.30. The summed E-state index contributed by atoms with van der Waals surface area (Å²) >= 11 is 3.21. The molecule has 2 aromatic rings. The average Bonchev–Trinajstić information content (AvgIpc) is 2.49. The number of benzene rings is 2. The van der Waals surface area contributed by atoms with Gasteiger partial charge in [0.25, 0.3) is 0 Å². The summed E-state index contributed by atoms with van der Waals surface area (Å²) in [5, 5.41) is 2.46. The molecular formula is C15H12BrF2NO3. The lowest BCUT2D eigenvalue weighted by Gasteiger charge is -2.11. The van der Waals surface area contributed by atoms with Gasteiger partial charge in [0.15, 0.2) is 0 Å². The number of alkyl halides is 2. The molecule has 0 unspecified atom stereocenters. The molecule has 0 fully saturated rings. The number of amides is 1. The second-order valence-electron chi connectivity index (χ2n) is 4.21. The van der Waals surface area contributed by atoms with Crippen LogP contribution >= 0.6 is 15.9 Å². The second kappa shape index (κ2) is 7.74. The Kier molecular flexibility index (Phi) is 5.71. The Balaban J connectivity index is 1.95. The first-order valence-corrected chi connectivity index (χ1v) is 7.06. The van der Waals surface area contributed by atoms with Gasteiger partial charge in [0.1, 0.15) is 12.4 Å². The van der Waals surface area contributed by atoms with Crippen molar-refractivity contribution in [3.05, 3.63) is 58.6 Å². The molecule has 0 aliphatic rings. The van der Waals surface area contributed by atoms with Crippen LogP contribution in [0.15, 0.2) is 53.0 Å². The van der Waals surface area contributed by atoms with Crippen LogP contribution in [0.5, 0.6) is 5.75 Å². The molecule has 1 amide bonds. The second-order valence-corrected chi connectivity index (χ2v) is 5.06. The van der Waals surface area contributed by atoms with Gasteiger partial charge in [0.05, 0.1) is 5.69 Å². The van der Waals surface area contributed by atoms with Crippen LogP contribution in [-0.4, -0.2) is 12.7 Å². The van der Waals surface area contributed by atoms with Crippen molar-refractivity contribution in [1.29, 1.82) is 0 Å². The highest BCUT2D eigenvalue weighted by Gasteiger charge is 2.10. The van der Waals surface area contributed by atoms with E-state index in [1.807, 2.05) is 30.3 Å². The van der Waals surface area contributed by atoms with Crippen molar-refractivity contribution >= 4 is 27.7 Å². The lowest BCUT2D eigenvalue weighted by atomic mass is 10.2. The Morgan fingerprint density at radius 2 is 1.91 bits per heavy atom. The van der Waals surface area contributed by atoms with Crippen LogP contribution in [0.4, 0.5) is 19.3 Å². The maximum atomic E-state index is 12.2. The molecule has 1 N–H and O–H groups in total. The molecule has 0 aliphatic heterocycles. The van der Waals surface area contributed by atoms with Crippen LogP contribution in [0, 0.1) is 0 Å². The molecule has 22 heavy (non-hydrogen) atoms. The van der Waals surface area contributed by atoms with Crippen LogP contribution in [-0.2, 0) is 11.3 Å². The van der Waals surface area contributed by atoms with E-state index in [0.717, 1.165) is 5.56 Å². The monoisotopic (exact) mass is 371 g/mol. The molecule has 2 rings (SSSR count). The molecular weight excluding hydrogens is 360 g/mol. The number of ether oxygens (including phenoxy) is 2. The number of carbonyl (C=O) groups excluding carboxylic acids is 1. The maximum absolute atomic E-state index is 12.2. The molecule has 2 aromatic carbocycles. The quantitative estimate of drug-likeness (QED) is 0.820. The van der Waals surface area contributed by atoms with E-state index in [1.54, 1.807) is 0 Å². The van der Waals surface area contributed by atoms with E-state index in [0.29, 0.717) is 4.47 Å². The standard InChI is InChI=1S/C15H12BrF2NO3/c16-12-7-6-11(22-14(17)18)8-13(12)19-15(20)21-9-10-4-2-1-3-5-10/h1-8,14H,9H2,(H,19,20). The zero-order valence-corrected chi connectivity index (χ0v) is 12.8. The molecule has 0 saturated heterocycles. The van der Waals surface area contributed by atoms with Crippen LogP contribution < -0.4 is 10.1 Å². The largest absolute Gasteiger partial charge is 0.444 e. The van der Waals surface area contributed by atoms with Gasteiger partial charge in [-0.1, -0.05) is 30.3 Å². The van der Waals surface area contributed by atoms with E-state index in [2.05, 4.69) is 26.0 Å². The van der Waals surface area contributed by atoms with Crippen molar-refractivity contribution in [3.63, 3.8) is 0 Å².